The van der Waals surface area contributed by atoms with Gasteiger partial charge in [-0.15, -0.1) is 5.10 Å². The SMILES string of the molecule is Cn1cc(Nc2nccc(-c3ccc4c(c3)CCNCC4CC(=O)c3cn(C(C)(C)C)nn3)n2)cn1. The largest absolute Gasteiger partial charge is 0.321 e. The van der Waals surface area contributed by atoms with Crippen LogP contribution < -0.4 is 10.6 Å². The lowest BCUT2D eigenvalue weighted by Gasteiger charge is -2.18. The van der Waals surface area contributed by atoms with Gasteiger partial charge in [0.05, 0.1) is 29.3 Å². The normalized spacial score (nSPS) is 15.8. The fourth-order valence-corrected chi connectivity index (χ4v) is 4.41. The van der Waals surface area contributed by atoms with Crippen molar-refractivity contribution in [2.75, 3.05) is 18.4 Å². The van der Waals surface area contributed by atoms with Crippen LogP contribution in [0.4, 0.5) is 11.6 Å². The third kappa shape index (κ3) is 5.18. The Labute approximate surface area is 210 Å². The molecule has 10 heteroatoms. The number of hydrogen-bond acceptors (Lipinski definition) is 8. The van der Waals surface area contributed by atoms with Crippen LogP contribution in [0, 0.1) is 0 Å². The van der Waals surface area contributed by atoms with Crippen molar-refractivity contribution in [2.45, 2.75) is 45.1 Å². The van der Waals surface area contributed by atoms with Gasteiger partial charge in [-0.05, 0) is 57.0 Å². The molecule has 1 atom stereocenters. The summed E-state index contributed by atoms with van der Waals surface area (Å²) in [6, 6.07) is 8.31. The number of ketones is 1. The topological polar surface area (TPSA) is 115 Å². The van der Waals surface area contributed by atoms with E-state index in [9.17, 15) is 4.79 Å². The Morgan fingerprint density at radius 1 is 1.22 bits per heavy atom. The average Bonchev–Trinajstić information content (AvgIpc) is 3.46. The van der Waals surface area contributed by atoms with Gasteiger partial charge in [0.2, 0.25) is 5.95 Å². The molecule has 0 saturated carbocycles. The first-order chi connectivity index (χ1) is 17.3. The first-order valence-electron chi connectivity index (χ1n) is 12.1. The Morgan fingerprint density at radius 2 is 2.08 bits per heavy atom. The lowest BCUT2D eigenvalue weighted by Crippen LogP contribution is -2.23. The standard InChI is InChI=1S/C26H31N9O/c1-26(2,3)35-16-23(32-33-35)24(36)12-19-13-27-9-7-17-11-18(5-6-21(17)19)22-8-10-28-25(31-22)30-20-14-29-34(4)15-20/h5-6,8,10-11,14-16,19,27H,7,9,12-13H2,1-4H3,(H,28,30,31). The minimum atomic E-state index is -0.216. The molecule has 1 aliphatic heterocycles. The molecule has 0 aliphatic carbocycles. The predicted molar refractivity (Wildman–Crippen MR) is 137 cm³/mol. The average molecular weight is 486 g/mol. The molecule has 3 aromatic heterocycles. The van der Waals surface area contributed by atoms with Crippen molar-refractivity contribution in [3.05, 3.63) is 65.9 Å². The van der Waals surface area contributed by atoms with E-state index in [0.29, 0.717) is 18.1 Å². The first kappa shape index (κ1) is 23.8. The minimum Gasteiger partial charge on any atom is -0.321 e. The number of anilines is 2. The van der Waals surface area contributed by atoms with Crippen LogP contribution in [-0.2, 0) is 19.0 Å². The highest BCUT2D eigenvalue weighted by atomic mass is 16.1. The number of Topliss-reactive ketones (excluding diaryl/α,β-unsaturated/α-hetero) is 1. The van der Waals surface area contributed by atoms with E-state index in [4.69, 9.17) is 4.98 Å². The quantitative estimate of drug-likeness (QED) is 0.399. The van der Waals surface area contributed by atoms with Crippen LogP contribution in [0.3, 0.4) is 0 Å². The number of fused-ring (bicyclic) bond motifs is 1. The van der Waals surface area contributed by atoms with Gasteiger partial charge in [0, 0.05) is 43.9 Å². The summed E-state index contributed by atoms with van der Waals surface area (Å²) in [4.78, 5) is 22.1. The number of aromatic nitrogens is 7. The Bertz CT molecular complexity index is 1380. The highest BCUT2D eigenvalue weighted by molar-refractivity contribution is 5.94. The van der Waals surface area contributed by atoms with Crippen LogP contribution in [0.5, 0.6) is 0 Å². The van der Waals surface area contributed by atoms with E-state index in [1.807, 2.05) is 40.1 Å². The van der Waals surface area contributed by atoms with Gasteiger partial charge < -0.3 is 10.6 Å². The maximum absolute atomic E-state index is 13.1. The van der Waals surface area contributed by atoms with Gasteiger partial charge in [-0.25, -0.2) is 14.6 Å². The monoisotopic (exact) mass is 485 g/mol. The van der Waals surface area contributed by atoms with E-state index in [-0.39, 0.29) is 17.2 Å². The summed E-state index contributed by atoms with van der Waals surface area (Å²) in [5, 5.41) is 19.1. The molecule has 0 fully saturated rings. The summed E-state index contributed by atoms with van der Waals surface area (Å²) in [6.07, 6.45) is 8.38. The van der Waals surface area contributed by atoms with Crippen LogP contribution in [0.1, 0.15) is 54.7 Å². The lowest BCUT2D eigenvalue weighted by atomic mass is 9.88. The number of carbonyl (C=O) groups excluding carboxylic acids is 1. The maximum atomic E-state index is 13.1. The summed E-state index contributed by atoms with van der Waals surface area (Å²) >= 11 is 0. The highest BCUT2D eigenvalue weighted by Crippen LogP contribution is 2.31. The Morgan fingerprint density at radius 3 is 2.83 bits per heavy atom. The van der Waals surface area contributed by atoms with Crippen LogP contribution in [0.15, 0.2) is 49.1 Å². The second-order valence-electron chi connectivity index (χ2n) is 10.2. The van der Waals surface area contributed by atoms with E-state index in [1.54, 1.807) is 28.0 Å². The molecular weight excluding hydrogens is 454 g/mol. The molecular formula is C26H31N9O. The Balaban J connectivity index is 1.36. The second kappa shape index (κ2) is 9.62. The van der Waals surface area contributed by atoms with Crippen molar-refractivity contribution in [1.29, 1.82) is 0 Å². The summed E-state index contributed by atoms with van der Waals surface area (Å²) in [6.45, 7) is 7.72. The van der Waals surface area contributed by atoms with Gasteiger partial charge in [-0.2, -0.15) is 5.10 Å². The number of hydrogen-bond donors (Lipinski definition) is 2. The predicted octanol–water partition coefficient (Wildman–Crippen LogP) is 3.47. The van der Waals surface area contributed by atoms with E-state index in [1.165, 1.54) is 11.1 Å². The molecule has 1 aliphatic rings. The van der Waals surface area contributed by atoms with E-state index in [0.717, 1.165) is 36.5 Å². The van der Waals surface area contributed by atoms with E-state index in [2.05, 4.69) is 49.2 Å². The summed E-state index contributed by atoms with van der Waals surface area (Å²) in [5.41, 5.74) is 5.32. The summed E-state index contributed by atoms with van der Waals surface area (Å²) in [7, 11) is 1.86. The Kier molecular flexibility index (Phi) is 6.36. The summed E-state index contributed by atoms with van der Waals surface area (Å²) < 4.78 is 3.46. The van der Waals surface area contributed by atoms with Gasteiger partial charge in [0.15, 0.2) is 5.78 Å². The van der Waals surface area contributed by atoms with Gasteiger partial charge >= 0.3 is 0 Å². The minimum absolute atomic E-state index is 0.0103. The second-order valence-corrected chi connectivity index (χ2v) is 10.2. The lowest BCUT2D eigenvalue weighted by molar-refractivity contribution is 0.0968. The fraction of sp³-hybridized carbons (Fsp3) is 0.385. The third-order valence-electron chi connectivity index (χ3n) is 6.36. The zero-order valence-corrected chi connectivity index (χ0v) is 21.1. The number of nitrogens with one attached hydrogen (secondary N) is 2. The third-order valence-corrected chi connectivity index (χ3v) is 6.36. The van der Waals surface area contributed by atoms with Gasteiger partial charge in [0.25, 0.3) is 0 Å². The number of nitrogens with zero attached hydrogens (tertiary/aromatic N) is 7. The number of aryl methyl sites for hydroxylation is 1. The molecule has 0 amide bonds. The van der Waals surface area contributed by atoms with Crippen LogP contribution in [0.2, 0.25) is 0 Å². The van der Waals surface area contributed by atoms with E-state index < -0.39 is 0 Å². The van der Waals surface area contributed by atoms with Crippen molar-refractivity contribution in [2.24, 2.45) is 7.05 Å². The van der Waals surface area contributed by atoms with Crippen LogP contribution >= 0.6 is 0 Å². The van der Waals surface area contributed by atoms with Crippen LogP contribution in [-0.4, -0.2) is 53.6 Å². The number of carbonyl (C=O) groups is 1. The molecule has 1 unspecified atom stereocenters. The molecule has 10 nitrogen and oxygen atoms in total. The zero-order chi connectivity index (χ0) is 25.3. The highest BCUT2D eigenvalue weighted by Gasteiger charge is 2.25. The molecule has 0 spiro atoms. The molecule has 4 aromatic rings. The van der Waals surface area contributed by atoms with Crippen molar-refractivity contribution < 1.29 is 4.79 Å². The zero-order valence-electron chi connectivity index (χ0n) is 21.1. The molecule has 0 bridgehead atoms. The van der Waals surface area contributed by atoms with Gasteiger partial charge in [-0.1, -0.05) is 17.3 Å². The van der Waals surface area contributed by atoms with Crippen molar-refractivity contribution in [3.63, 3.8) is 0 Å². The van der Waals surface area contributed by atoms with Gasteiger partial charge in [0.1, 0.15) is 5.69 Å². The molecule has 5 rings (SSSR count). The molecule has 186 valence electrons. The molecule has 0 radical (unpaired) electrons. The molecule has 36 heavy (non-hydrogen) atoms. The maximum Gasteiger partial charge on any atom is 0.227 e. The van der Waals surface area contributed by atoms with Crippen molar-refractivity contribution >= 4 is 17.4 Å². The molecule has 1 aromatic carbocycles. The number of rotatable bonds is 6. The molecule has 4 heterocycles. The van der Waals surface area contributed by atoms with Crippen molar-refractivity contribution in [3.8, 4) is 11.3 Å². The number of benzene rings is 1. The van der Waals surface area contributed by atoms with Crippen molar-refractivity contribution in [1.82, 2.24) is 40.1 Å². The summed E-state index contributed by atoms with van der Waals surface area (Å²) in [5.74, 6) is 0.595. The van der Waals surface area contributed by atoms with Crippen LogP contribution in [0.25, 0.3) is 11.3 Å². The van der Waals surface area contributed by atoms with Gasteiger partial charge in [-0.3, -0.25) is 9.48 Å². The Hall–Kier alpha value is -3.92. The first-order valence-corrected chi connectivity index (χ1v) is 12.1. The smallest absolute Gasteiger partial charge is 0.227 e. The fourth-order valence-electron chi connectivity index (χ4n) is 4.41. The molecule has 0 saturated heterocycles. The molecule has 2 N–H and O–H groups in total. The van der Waals surface area contributed by atoms with E-state index >= 15 is 0 Å².